The minimum Gasteiger partial charge on any atom is -0.423 e. The number of carbonyl (C=O) groups excluding carboxylic acids is 1. The zero-order valence-electron chi connectivity index (χ0n) is 6.07. The van der Waals surface area contributed by atoms with Gasteiger partial charge in [0.2, 0.25) is 0 Å². The smallest absolute Gasteiger partial charge is 0.423 e. The van der Waals surface area contributed by atoms with Crippen LogP contribution in [0.3, 0.4) is 0 Å². The zero-order valence-corrected chi connectivity index (χ0v) is 6.82. The molecule has 12 heavy (non-hydrogen) atoms. The van der Waals surface area contributed by atoms with Gasteiger partial charge in [0, 0.05) is 5.56 Å². The molecule has 2 N–H and O–H groups in total. The van der Waals surface area contributed by atoms with Crippen molar-refractivity contribution in [3.63, 3.8) is 0 Å². The second kappa shape index (κ2) is 3.71. The van der Waals surface area contributed by atoms with Gasteiger partial charge in [-0.15, -0.1) is 0 Å². The summed E-state index contributed by atoms with van der Waals surface area (Å²) in [7, 11) is -1.66. The highest BCUT2D eigenvalue weighted by atomic mass is 35.5. The summed E-state index contributed by atoms with van der Waals surface area (Å²) < 4.78 is 0. The van der Waals surface area contributed by atoms with E-state index in [0.29, 0.717) is 6.29 Å². The van der Waals surface area contributed by atoms with Crippen LogP contribution in [0.4, 0.5) is 0 Å². The summed E-state index contributed by atoms with van der Waals surface area (Å²) in [5.41, 5.74) is 0.242. The van der Waals surface area contributed by atoms with Crippen LogP contribution >= 0.6 is 11.6 Å². The van der Waals surface area contributed by atoms with E-state index in [4.69, 9.17) is 21.6 Å². The Morgan fingerprint density at radius 3 is 2.50 bits per heavy atom. The number of hydrogen-bond acceptors (Lipinski definition) is 3. The van der Waals surface area contributed by atoms with Crippen molar-refractivity contribution in [2.45, 2.75) is 0 Å². The highest BCUT2D eigenvalue weighted by Gasteiger charge is 2.16. The predicted octanol–water partition coefficient (Wildman–Crippen LogP) is -0.168. The van der Waals surface area contributed by atoms with Crippen molar-refractivity contribution in [3.05, 3.63) is 28.8 Å². The Kier molecular flexibility index (Phi) is 2.86. The maximum atomic E-state index is 10.4. The van der Waals surface area contributed by atoms with E-state index < -0.39 is 7.12 Å². The van der Waals surface area contributed by atoms with Gasteiger partial charge in [-0.05, 0) is 11.5 Å². The fourth-order valence-electron chi connectivity index (χ4n) is 0.903. The molecule has 0 spiro atoms. The number of carbonyl (C=O) groups is 1. The van der Waals surface area contributed by atoms with Crippen molar-refractivity contribution in [3.8, 4) is 0 Å². The second-order valence-corrected chi connectivity index (χ2v) is 2.64. The van der Waals surface area contributed by atoms with Crippen LogP contribution in [0.1, 0.15) is 10.4 Å². The third-order valence-electron chi connectivity index (χ3n) is 1.48. The highest BCUT2D eigenvalue weighted by Crippen LogP contribution is 2.10. The largest absolute Gasteiger partial charge is 0.489 e. The van der Waals surface area contributed by atoms with E-state index in [1.807, 2.05) is 0 Å². The van der Waals surface area contributed by atoms with Gasteiger partial charge in [-0.2, -0.15) is 0 Å². The Morgan fingerprint density at radius 2 is 2.08 bits per heavy atom. The molecule has 0 bridgehead atoms. The highest BCUT2D eigenvalue weighted by molar-refractivity contribution is 6.60. The Balaban J connectivity index is 3.27. The summed E-state index contributed by atoms with van der Waals surface area (Å²) in [6, 6.07) is 4.49. The first kappa shape index (κ1) is 9.25. The first-order chi connectivity index (χ1) is 5.66. The third-order valence-corrected chi connectivity index (χ3v) is 1.81. The molecule has 0 saturated heterocycles. The zero-order chi connectivity index (χ0) is 9.14. The lowest BCUT2D eigenvalue weighted by molar-refractivity contribution is 0.112. The van der Waals surface area contributed by atoms with Crippen molar-refractivity contribution in [2.75, 3.05) is 0 Å². The molecule has 0 amide bonds. The molecule has 1 rings (SSSR count). The minimum absolute atomic E-state index is 0.120. The summed E-state index contributed by atoms with van der Waals surface area (Å²) in [6.45, 7) is 0. The van der Waals surface area contributed by atoms with Gasteiger partial charge in [-0.25, -0.2) is 0 Å². The molecular formula is C7H6BClO3. The molecule has 0 aliphatic rings. The van der Waals surface area contributed by atoms with Crippen LogP contribution in [0.5, 0.6) is 0 Å². The first-order valence-corrected chi connectivity index (χ1v) is 3.64. The number of halogens is 1. The number of aldehydes is 1. The summed E-state index contributed by atoms with van der Waals surface area (Å²) in [5, 5.41) is 17.8. The number of benzene rings is 1. The molecule has 5 heteroatoms. The molecule has 1 aromatic carbocycles. The van der Waals surface area contributed by atoms with E-state index in [9.17, 15) is 4.79 Å². The van der Waals surface area contributed by atoms with Gasteiger partial charge >= 0.3 is 7.12 Å². The normalized spacial score (nSPS) is 9.58. The molecule has 0 fully saturated rings. The van der Waals surface area contributed by atoms with Gasteiger partial charge < -0.3 is 10.0 Å². The van der Waals surface area contributed by atoms with Crippen LogP contribution in [-0.4, -0.2) is 23.5 Å². The van der Waals surface area contributed by atoms with Crippen LogP contribution in [0.25, 0.3) is 0 Å². The molecule has 0 saturated carbocycles. The molecule has 0 aliphatic carbocycles. The quantitative estimate of drug-likeness (QED) is 0.496. The lowest BCUT2D eigenvalue weighted by Gasteiger charge is -2.03. The van der Waals surface area contributed by atoms with Crippen molar-refractivity contribution >= 4 is 30.5 Å². The van der Waals surface area contributed by atoms with Crippen LogP contribution in [-0.2, 0) is 0 Å². The van der Waals surface area contributed by atoms with Gasteiger partial charge in [0.25, 0.3) is 0 Å². The molecule has 1 aromatic rings. The average molecular weight is 184 g/mol. The van der Waals surface area contributed by atoms with Gasteiger partial charge in [-0.1, -0.05) is 23.7 Å². The van der Waals surface area contributed by atoms with Crippen LogP contribution in [0.2, 0.25) is 5.02 Å². The second-order valence-electron chi connectivity index (χ2n) is 2.23. The monoisotopic (exact) mass is 184 g/mol. The summed E-state index contributed by atoms with van der Waals surface area (Å²) >= 11 is 5.62. The molecule has 0 heterocycles. The SMILES string of the molecule is O=Cc1c(Cl)cccc1B(O)O. The Bertz CT molecular complexity index is 301. The van der Waals surface area contributed by atoms with E-state index in [0.717, 1.165) is 0 Å². The van der Waals surface area contributed by atoms with E-state index in [2.05, 4.69) is 0 Å². The maximum absolute atomic E-state index is 10.4. The molecule has 0 aromatic heterocycles. The lowest BCUT2D eigenvalue weighted by atomic mass is 9.77. The average Bonchev–Trinajstić information content (AvgIpc) is 2.03. The van der Waals surface area contributed by atoms with Crippen LogP contribution in [0, 0.1) is 0 Å². The molecular weight excluding hydrogens is 178 g/mol. The lowest BCUT2D eigenvalue weighted by Crippen LogP contribution is -2.33. The van der Waals surface area contributed by atoms with Crippen molar-refractivity contribution in [1.82, 2.24) is 0 Å². The molecule has 62 valence electrons. The van der Waals surface area contributed by atoms with Gasteiger partial charge in [0.1, 0.15) is 0 Å². The first-order valence-electron chi connectivity index (χ1n) is 3.26. The molecule has 3 nitrogen and oxygen atoms in total. The molecule has 0 radical (unpaired) electrons. The van der Waals surface area contributed by atoms with Gasteiger partial charge in [0.15, 0.2) is 6.29 Å². The number of hydrogen-bond donors (Lipinski definition) is 2. The van der Waals surface area contributed by atoms with Crippen LogP contribution in [0.15, 0.2) is 18.2 Å². The standard InChI is InChI=1S/C7H6BClO3/c9-7-3-1-2-6(8(11)12)5(7)4-10/h1-4,11-12H. The molecule has 0 atom stereocenters. The maximum Gasteiger partial charge on any atom is 0.489 e. The van der Waals surface area contributed by atoms with Crippen molar-refractivity contribution < 1.29 is 14.8 Å². The van der Waals surface area contributed by atoms with Gasteiger partial charge in [-0.3, -0.25) is 4.79 Å². The Morgan fingerprint density at radius 1 is 1.42 bits per heavy atom. The van der Waals surface area contributed by atoms with E-state index in [-0.39, 0.29) is 16.0 Å². The van der Waals surface area contributed by atoms with Gasteiger partial charge in [0.05, 0.1) is 5.02 Å². The molecule has 0 unspecified atom stereocenters. The molecule has 0 aliphatic heterocycles. The van der Waals surface area contributed by atoms with E-state index in [1.165, 1.54) is 12.1 Å². The number of rotatable bonds is 2. The summed E-state index contributed by atoms with van der Waals surface area (Å²) in [5.74, 6) is 0. The Hall–Kier alpha value is -0.835. The topological polar surface area (TPSA) is 57.5 Å². The summed E-state index contributed by atoms with van der Waals surface area (Å²) in [6.07, 6.45) is 0.497. The Labute approximate surface area is 74.7 Å². The van der Waals surface area contributed by atoms with Crippen LogP contribution < -0.4 is 5.46 Å². The summed E-state index contributed by atoms with van der Waals surface area (Å²) in [4.78, 5) is 10.4. The van der Waals surface area contributed by atoms with E-state index in [1.54, 1.807) is 6.07 Å². The minimum atomic E-state index is -1.66. The van der Waals surface area contributed by atoms with Crippen molar-refractivity contribution in [1.29, 1.82) is 0 Å². The fourth-order valence-corrected chi connectivity index (χ4v) is 1.13. The predicted molar refractivity (Wildman–Crippen MR) is 46.7 cm³/mol. The fraction of sp³-hybridized carbons (Fsp3) is 0. The third kappa shape index (κ3) is 1.66. The van der Waals surface area contributed by atoms with E-state index >= 15 is 0 Å². The van der Waals surface area contributed by atoms with Crippen molar-refractivity contribution in [2.24, 2.45) is 0 Å².